The first-order valence-corrected chi connectivity index (χ1v) is 9.08. The van der Waals surface area contributed by atoms with Crippen LogP contribution in [0.4, 0.5) is 5.69 Å². The van der Waals surface area contributed by atoms with Crippen LogP contribution >= 0.6 is 0 Å². The van der Waals surface area contributed by atoms with Crippen molar-refractivity contribution < 1.29 is 4.79 Å². The summed E-state index contributed by atoms with van der Waals surface area (Å²) in [5, 5.41) is 3.01. The fraction of sp³-hybridized carbons (Fsp3) is 0.579. The van der Waals surface area contributed by atoms with Crippen LogP contribution in [0.3, 0.4) is 0 Å². The average Bonchev–Trinajstić information content (AvgIpc) is 2.63. The summed E-state index contributed by atoms with van der Waals surface area (Å²) >= 11 is 0. The number of pyridine rings is 1. The fourth-order valence-corrected chi connectivity index (χ4v) is 3.36. The van der Waals surface area contributed by atoms with E-state index in [0.717, 1.165) is 38.3 Å². The Morgan fingerprint density at radius 3 is 2.83 bits per heavy atom. The van der Waals surface area contributed by atoms with Crippen LogP contribution in [-0.2, 0) is 0 Å². The lowest BCUT2D eigenvalue weighted by atomic mass is 9.97. The van der Waals surface area contributed by atoms with E-state index in [1.54, 1.807) is 6.20 Å². The second-order valence-corrected chi connectivity index (χ2v) is 6.80. The van der Waals surface area contributed by atoms with Crippen LogP contribution in [0.5, 0.6) is 0 Å². The number of hydrogen-bond donors (Lipinski definition) is 1. The van der Waals surface area contributed by atoms with Gasteiger partial charge in [0.25, 0.3) is 5.91 Å². The van der Waals surface area contributed by atoms with Gasteiger partial charge in [-0.15, -0.1) is 0 Å². The standard InChI is InChI=1S/C19H28N4O/c1-22-11-13-23(14-12-22)17-8-10-20-18(15-17)19(24)21-9-7-16-5-3-2-4-6-16/h5,8,10,15H,2-4,6-7,9,11-14H2,1H3,(H,21,24). The highest BCUT2D eigenvalue weighted by molar-refractivity contribution is 5.93. The van der Waals surface area contributed by atoms with Gasteiger partial charge in [-0.05, 0) is 51.3 Å². The number of carbonyl (C=O) groups is 1. The minimum absolute atomic E-state index is 0.0672. The smallest absolute Gasteiger partial charge is 0.269 e. The molecule has 24 heavy (non-hydrogen) atoms. The number of aromatic nitrogens is 1. The molecule has 2 heterocycles. The van der Waals surface area contributed by atoms with E-state index in [1.807, 2.05) is 12.1 Å². The Kier molecular flexibility index (Phi) is 5.86. The Balaban J connectivity index is 1.53. The van der Waals surface area contributed by atoms with Crippen LogP contribution in [0.2, 0.25) is 0 Å². The van der Waals surface area contributed by atoms with Crippen molar-refractivity contribution in [3.05, 3.63) is 35.7 Å². The lowest BCUT2D eigenvalue weighted by molar-refractivity contribution is 0.0949. The van der Waals surface area contributed by atoms with Gasteiger partial charge in [0.15, 0.2) is 0 Å². The van der Waals surface area contributed by atoms with Gasteiger partial charge >= 0.3 is 0 Å². The molecule has 1 fully saturated rings. The van der Waals surface area contributed by atoms with Crippen molar-refractivity contribution in [3.63, 3.8) is 0 Å². The van der Waals surface area contributed by atoms with Crippen molar-refractivity contribution in [1.29, 1.82) is 0 Å². The van der Waals surface area contributed by atoms with Crippen LogP contribution in [0.1, 0.15) is 42.6 Å². The zero-order valence-corrected chi connectivity index (χ0v) is 14.6. The second-order valence-electron chi connectivity index (χ2n) is 6.80. The van der Waals surface area contributed by atoms with Crippen molar-refractivity contribution in [2.75, 3.05) is 44.7 Å². The van der Waals surface area contributed by atoms with Crippen molar-refractivity contribution in [1.82, 2.24) is 15.2 Å². The van der Waals surface area contributed by atoms with Crippen molar-refractivity contribution in [3.8, 4) is 0 Å². The number of nitrogens with zero attached hydrogens (tertiary/aromatic N) is 3. The van der Waals surface area contributed by atoms with E-state index < -0.39 is 0 Å². The van der Waals surface area contributed by atoms with Crippen LogP contribution in [0.15, 0.2) is 30.0 Å². The molecule has 0 radical (unpaired) electrons. The Morgan fingerprint density at radius 2 is 2.08 bits per heavy atom. The number of piperazine rings is 1. The van der Waals surface area contributed by atoms with E-state index in [4.69, 9.17) is 0 Å². The van der Waals surface area contributed by atoms with Crippen molar-refractivity contribution >= 4 is 11.6 Å². The van der Waals surface area contributed by atoms with Gasteiger partial charge in [0.05, 0.1) is 0 Å². The first kappa shape index (κ1) is 17.0. The highest BCUT2D eigenvalue weighted by Crippen LogP contribution is 2.19. The molecule has 130 valence electrons. The summed E-state index contributed by atoms with van der Waals surface area (Å²) in [6, 6.07) is 3.91. The van der Waals surface area contributed by atoms with E-state index in [1.165, 1.54) is 31.3 Å². The molecule has 1 amide bonds. The maximum atomic E-state index is 12.4. The summed E-state index contributed by atoms with van der Waals surface area (Å²) in [7, 11) is 2.14. The minimum atomic E-state index is -0.0672. The predicted molar refractivity (Wildman–Crippen MR) is 97.4 cm³/mol. The maximum absolute atomic E-state index is 12.4. The fourth-order valence-electron chi connectivity index (χ4n) is 3.36. The molecular formula is C19H28N4O. The molecule has 3 rings (SSSR count). The third-order valence-corrected chi connectivity index (χ3v) is 4.96. The number of allylic oxidation sites excluding steroid dienone is 1. The third-order valence-electron chi connectivity index (χ3n) is 4.96. The maximum Gasteiger partial charge on any atom is 0.269 e. The molecule has 1 aliphatic carbocycles. The van der Waals surface area contributed by atoms with E-state index in [2.05, 4.69) is 33.2 Å². The SMILES string of the molecule is CN1CCN(c2ccnc(C(=O)NCCC3=CCCCC3)c2)CC1. The summed E-state index contributed by atoms with van der Waals surface area (Å²) in [4.78, 5) is 21.3. The molecule has 0 spiro atoms. The molecule has 1 saturated heterocycles. The third kappa shape index (κ3) is 4.57. The van der Waals surface area contributed by atoms with Crippen LogP contribution < -0.4 is 10.2 Å². The Morgan fingerprint density at radius 1 is 1.25 bits per heavy atom. The van der Waals surface area contributed by atoms with Gasteiger partial charge in [0.2, 0.25) is 0 Å². The first-order chi connectivity index (χ1) is 11.7. The summed E-state index contributed by atoms with van der Waals surface area (Å²) in [5.74, 6) is -0.0672. The summed E-state index contributed by atoms with van der Waals surface area (Å²) < 4.78 is 0. The number of likely N-dealkylation sites (N-methyl/N-ethyl adjacent to an activating group) is 1. The van der Waals surface area contributed by atoms with E-state index >= 15 is 0 Å². The monoisotopic (exact) mass is 328 g/mol. The van der Waals surface area contributed by atoms with Gasteiger partial charge in [-0.1, -0.05) is 11.6 Å². The molecular weight excluding hydrogens is 300 g/mol. The van der Waals surface area contributed by atoms with Crippen LogP contribution in [0, 0.1) is 0 Å². The van der Waals surface area contributed by atoms with E-state index in [-0.39, 0.29) is 5.91 Å². The van der Waals surface area contributed by atoms with E-state index in [9.17, 15) is 4.79 Å². The zero-order chi connectivity index (χ0) is 16.8. The number of anilines is 1. The van der Waals surface area contributed by atoms with Gasteiger partial charge < -0.3 is 15.1 Å². The largest absolute Gasteiger partial charge is 0.369 e. The molecule has 1 aromatic rings. The molecule has 0 saturated carbocycles. The molecule has 5 nitrogen and oxygen atoms in total. The molecule has 1 aliphatic heterocycles. The summed E-state index contributed by atoms with van der Waals surface area (Å²) in [5.41, 5.74) is 3.10. The normalized spacial score (nSPS) is 19.0. The summed E-state index contributed by atoms with van der Waals surface area (Å²) in [6.45, 7) is 4.80. The van der Waals surface area contributed by atoms with E-state index in [0.29, 0.717) is 12.2 Å². The average molecular weight is 328 g/mol. The zero-order valence-electron chi connectivity index (χ0n) is 14.6. The number of carbonyl (C=O) groups excluding carboxylic acids is 1. The number of hydrogen-bond acceptors (Lipinski definition) is 4. The lowest BCUT2D eigenvalue weighted by Gasteiger charge is -2.34. The lowest BCUT2D eigenvalue weighted by Crippen LogP contribution is -2.44. The van der Waals surface area contributed by atoms with Crippen molar-refractivity contribution in [2.24, 2.45) is 0 Å². The molecule has 0 atom stereocenters. The molecule has 1 aromatic heterocycles. The number of rotatable bonds is 5. The molecule has 1 N–H and O–H groups in total. The molecule has 2 aliphatic rings. The van der Waals surface area contributed by atoms with Gasteiger partial charge in [0, 0.05) is 44.6 Å². The topological polar surface area (TPSA) is 48.5 Å². The first-order valence-electron chi connectivity index (χ1n) is 9.08. The number of amides is 1. The molecule has 5 heteroatoms. The van der Waals surface area contributed by atoms with Gasteiger partial charge in [0.1, 0.15) is 5.69 Å². The molecule has 0 unspecified atom stereocenters. The second kappa shape index (κ2) is 8.29. The van der Waals surface area contributed by atoms with Crippen LogP contribution in [0.25, 0.3) is 0 Å². The molecule has 0 bridgehead atoms. The van der Waals surface area contributed by atoms with Crippen LogP contribution in [-0.4, -0.2) is 55.6 Å². The Bertz CT molecular complexity index is 591. The Labute approximate surface area is 144 Å². The van der Waals surface area contributed by atoms with Gasteiger partial charge in [-0.2, -0.15) is 0 Å². The Hall–Kier alpha value is -1.88. The van der Waals surface area contributed by atoms with Gasteiger partial charge in [-0.3, -0.25) is 9.78 Å². The van der Waals surface area contributed by atoms with Gasteiger partial charge in [-0.25, -0.2) is 0 Å². The minimum Gasteiger partial charge on any atom is -0.369 e. The molecule has 0 aromatic carbocycles. The summed E-state index contributed by atoms with van der Waals surface area (Å²) in [6.07, 6.45) is 10.0. The predicted octanol–water partition coefficient (Wildman–Crippen LogP) is 2.45. The number of nitrogens with one attached hydrogen (secondary N) is 1. The van der Waals surface area contributed by atoms with Crippen molar-refractivity contribution in [2.45, 2.75) is 32.1 Å². The quantitative estimate of drug-likeness (QED) is 0.844. The highest BCUT2D eigenvalue weighted by Gasteiger charge is 2.16. The highest BCUT2D eigenvalue weighted by atomic mass is 16.1.